The summed E-state index contributed by atoms with van der Waals surface area (Å²) >= 11 is 0. The number of benzene rings is 3. The van der Waals surface area contributed by atoms with Crippen LogP contribution in [0, 0.1) is 5.92 Å². The fourth-order valence-electron chi connectivity index (χ4n) is 4.73. The molecule has 2 unspecified atom stereocenters. The van der Waals surface area contributed by atoms with E-state index in [0.29, 0.717) is 23.6 Å². The fraction of sp³-hybridized carbons (Fsp3) is 0.323. The quantitative estimate of drug-likeness (QED) is 0.138. The molecule has 5 nitrogen and oxygen atoms in total. The van der Waals surface area contributed by atoms with E-state index in [1.54, 1.807) is 36.4 Å². The summed E-state index contributed by atoms with van der Waals surface area (Å²) in [4.78, 5) is 41.7. The third-order valence-corrected chi connectivity index (χ3v) is 6.74. The van der Waals surface area contributed by atoms with Crippen LogP contribution in [0.25, 0.3) is 0 Å². The fourth-order valence-corrected chi connectivity index (χ4v) is 4.73. The number of carbonyl (C=O) groups is 3. The summed E-state index contributed by atoms with van der Waals surface area (Å²) in [5, 5.41) is 0. The largest absolute Gasteiger partial charge is 0.494 e. The Morgan fingerprint density at radius 2 is 1.61 bits per heavy atom. The van der Waals surface area contributed by atoms with Gasteiger partial charge in [0.1, 0.15) is 11.7 Å². The van der Waals surface area contributed by atoms with Crippen LogP contribution in [0.2, 0.25) is 0 Å². The summed E-state index contributed by atoms with van der Waals surface area (Å²) in [6.07, 6.45) is 5.26. The van der Waals surface area contributed by atoms with Gasteiger partial charge in [-0.2, -0.15) is 0 Å². The maximum atomic E-state index is 13.6. The van der Waals surface area contributed by atoms with E-state index < -0.39 is 23.7 Å². The highest BCUT2D eigenvalue weighted by Crippen LogP contribution is 2.42. The molecular formula is C31H33NO4. The van der Waals surface area contributed by atoms with Crippen molar-refractivity contribution >= 4 is 23.2 Å². The normalized spacial score (nSPS) is 17.4. The minimum absolute atomic E-state index is 0.343. The van der Waals surface area contributed by atoms with Gasteiger partial charge >= 0.3 is 0 Å². The van der Waals surface area contributed by atoms with E-state index in [0.717, 1.165) is 36.8 Å². The predicted octanol–water partition coefficient (Wildman–Crippen LogP) is 6.36. The van der Waals surface area contributed by atoms with Crippen molar-refractivity contribution in [1.29, 1.82) is 0 Å². The van der Waals surface area contributed by atoms with Crippen molar-refractivity contribution in [3.63, 3.8) is 0 Å². The van der Waals surface area contributed by atoms with E-state index in [-0.39, 0.29) is 5.78 Å². The third-order valence-electron chi connectivity index (χ3n) is 6.74. The molecule has 3 aromatic carbocycles. The molecule has 4 rings (SSSR count). The van der Waals surface area contributed by atoms with Gasteiger partial charge in [-0.25, -0.2) is 0 Å². The van der Waals surface area contributed by atoms with Crippen LogP contribution in [0.15, 0.2) is 78.9 Å². The first-order chi connectivity index (χ1) is 17.5. The van der Waals surface area contributed by atoms with E-state index >= 15 is 0 Å². The molecule has 2 atom stereocenters. The maximum absolute atomic E-state index is 13.6. The van der Waals surface area contributed by atoms with Crippen LogP contribution in [0.4, 0.5) is 5.69 Å². The molecule has 3 aromatic rings. The van der Waals surface area contributed by atoms with Crippen LogP contribution in [-0.4, -0.2) is 24.1 Å². The standard InChI is InChI=1S/C31H33NO4/c1-3-5-6-10-20-36-26-15-11-14-25(21-26)32-28(23-18-16-22(4-2)17-19-23)27(30(34)31(32)35)29(33)24-12-8-7-9-13-24/h7-9,11-19,21,27-28H,3-6,10,20H2,1-2H3. The average molecular weight is 484 g/mol. The Hall–Kier alpha value is -3.73. The van der Waals surface area contributed by atoms with E-state index in [9.17, 15) is 14.4 Å². The molecular weight excluding hydrogens is 450 g/mol. The smallest absolute Gasteiger partial charge is 0.295 e. The molecule has 1 heterocycles. The zero-order valence-corrected chi connectivity index (χ0v) is 21.0. The second-order valence-corrected chi connectivity index (χ2v) is 9.19. The van der Waals surface area contributed by atoms with Crippen molar-refractivity contribution in [2.45, 2.75) is 52.0 Å². The average Bonchev–Trinajstić information content (AvgIpc) is 3.19. The van der Waals surface area contributed by atoms with Crippen LogP contribution in [0.5, 0.6) is 5.75 Å². The van der Waals surface area contributed by atoms with Gasteiger partial charge in [0.25, 0.3) is 5.91 Å². The molecule has 1 fully saturated rings. The molecule has 1 aliphatic heterocycles. The number of nitrogens with zero attached hydrogens (tertiary/aromatic N) is 1. The van der Waals surface area contributed by atoms with Gasteiger partial charge < -0.3 is 4.74 Å². The van der Waals surface area contributed by atoms with E-state index in [1.165, 1.54) is 11.3 Å². The Bertz CT molecular complexity index is 1200. The van der Waals surface area contributed by atoms with Crippen molar-refractivity contribution in [1.82, 2.24) is 0 Å². The van der Waals surface area contributed by atoms with E-state index in [2.05, 4.69) is 13.8 Å². The third kappa shape index (κ3) is 5.40. The molecule has 1 amide bonds. The van der Waals surface area contributed by atoms with Gasteiger partial charge in [-0.3, -0.25) is 19.3 Å². The minimum atomic E-state index is -1.12. The molecule has 0 aromatic heterocycles. The monoisotopic (exact) mass is 483 g/mol. The summed E-state index contributed by atoms with van der Waals surface area (Å²) in [5.74, 6) is -2.18. The number of hydrogen-bond acceptors (Lipinski definition) is 4. The summed E-state index contributed by atoms with van der Waals surface area (Å²) in [5.41, 5.74) is 2.87. The van der Waals surface area contributed by atoms with Crippen molar-refractivity contribution in [2.75, 3.05) is 11.5 Å². The Morgan fingerprint density at radius 1 is 0.861 bits per heavy atom. The number of unbranched alkanes of at least 4 members (excludes halogenated alkanes) is 3. The van der Waals surface area contributed by atoms with Crippen LogP contribution >= 0.6 is 0 Å². The number of aryl methyl sites for hydroxylation is 1. The zero-order chi connectivity index (χ0) is 25.5. The molecule has 0 aliphatic carbocycles. The Balaban J connectivity index is 1.70. The van der Waals surface area contributed by atoms with Crippen molar-refractivity contribution in [3.8, 4) is 5.75 Å². The molecule has 36 heavy (non-hydrogen) atoms. The topological polar surface area (TPSA) is 63.7 Å². The lowest BCUT2D eigenvalue weighted by Crippen LogP contribution is -2.30. The number of rotatable bonds is 11. The molecule has 0 N–H and O–H groups in total. The lowest BCUT2D eigenvalue weighted by molar-refractivity contribution is -0.135. The minimum Gasteiger partial charge on any atom is -0.494 e. The van der Waals surface area contributed by atoms with Crippen LogP contribution < -0.4 is 9.64 Å². The summed E-state index contributed by atoms with van der Waals surface area (Å²) in [7, 11) is 0. The highest BCUT2D eigenvalue weighted by Gasteiger charge is 2.52. The molecule has 1 aliphatic rings. The molecule has 0 radical (unpaired) electrons. The first-order valence-electron chi connectivity index (χ1n) is 12.8. The lowest BCUT2D eigenvalue weighted by Gasteiger charge is -2.28. The number of ketones is 2. The van der Waals surface area contributed by atoms with Crippen molar-refractivity contribution < 1.29 is 19.1 Å². The lowest BCUT2D eigenvalue weighted by atomic mass is 9.86. The second-order valence-electron chi connectivity index (χ2n) is 9.19. The van der Waals surface area contributed by atoms with Crippen molar-refractivity contribution in [2.24, 2.45) is 5.92 Å². The van der Waals surface area contributed by atoms with Gasteiger partial charge in [-0.1, -0.05) is 93.8 Å². The van der Waals surface area contributed by atoms with Crippen LogP contribution in [-0.2, 0) is 16.0 Å². The van der Waals surface area contributed by atoms with Crippen LogP contribution in [0.1, 0.15) is 67.1 Å². The van der Waals surface area contributed by atoms with Gasteiger partial charge in [0.2, 0.25) is 5.78 Å². The first kappa shape index (κ1) is 25.4. The highest BCUT2D eigenvalue weighted by molar-refractivity contribution is 6.49. The molecule has 5 heteroatoms. The van der Waals surface area contributed by atoms with Gasteiger partial charge in [-0.05, 0) is 36.1 Å². The highest BCUT2D eigenvalue weighted by atomic mass is 16.5. The summed E-state index contributed by atoms with van der Waals surface area (Å²) in [6.45, 7) is 4.83. The molecule has 0 bridgehead atoms. The predicted molar refractivity (Wildman–Crippen MR) is 141 cm³/mol. The molecule has 0 spiro atoms. The maximum Gasteiger partial charge on any atom is 0.295 e. The SMILES string of the molecule is CCCCCCOc1cccc(N2C(=O)C(=O)C(C(=O)c3ccccc3)C2c2ccc(CC)cc2)c1. The van der Waals surface area contributed by atoms with Gasteiger partial charge in [-0.15, -0.1) is 0 Å². The van der Waals surface area contributed by atoms with Gasteiger partial charge in [0.05, 0.1) is 12.6 Å². The molecule has 0 saturated carbocycles. The number of Topliss-reactive ketones (excluding diaryl/α,β-unsaturated/α-hetero) is 2. The van der Waals surface area contributed by atoms with Crippen LogP contribution in [0.3, 0.4) is 0 Å². The van der Waals surface area contributed by atoms with Crippen molar-refractivity contribution in [3.05, 3.63) is 95.6 Å². The number of amides is 1. The van der Waals surface area contributed by atoms with Gasteiger partial charge in [0, 0.05) is 17.3 Å². The number of carbonyl (C=O) groups excluding carboxylic acids is 3. The van der Waals surface area contributed by atoms with E-state index in [1.807, 2.05) is 42.5 Å². The number of anilines is 1. The molecule has 1 saturated heterocycles. The number of hydrogen-bond donors (Lipinski definition) is 0. The zero-order valence-electron chi connectivity index (χ0n) is 21.0. The number of ether oxygens (including phenoxy) is 1. The van der Waals surface area contributed by atoms with E-state index in [4.69, 9.17) is 4.74 Å². The Labute approximate surface area is 213 Å². The Kier molecular flexibility index (Phi) is 8.32. The summed E-state index contributed by atoms with van der Waals surface area (Å²) < 4.78 is 5.94. The van der Waals surface area contributed by atoms with Gasteiger partial charge in [0.15, 0.2) is 5.78 Å². The molecule has 186 valence electrons. The first-order valence-corrected chi connectivity index (χ1v) is 12.8. The Morgan fingerprint density at radius 3 is 2.31 bits per heavy atom. The summed E-state index contributed by atoms with van der Waals surface area (Å²) in [6, 6.07) is 23.0. The second kappa shape index (κ2) is 11.8.